The first kappa shape index (κ1) is 12.9. The molecule has 2 rings (SSSR count). The standard InChI is InChI=1S/C12H20N4O2/c1-12(2)10(18)15-9(17)7-16(12)11(13)14-8-5-3-4-6-8/h8H,3-7H2,1-2H3,(H2,13,14)(H,15,17,18). The van der Waals surface area contributed by atoms with Crippen molar-refractivity contribution < 1.29 is 9.59 Å². The second kappa shape index (κ2) is 4.59. The number of aliphatic imine (C=N–C) groups is 1. The zero-order chi connectivity index (χ0) is 13.3. The van der Waals surface area contributed by atoms with Crippen molar-refractivity contribution in [2.24, 2.45) is 10.7 Å². The number of carbonyl (C=O) groups excluding carboxylic acids is 2. The summed E-state index contributed by atoms with van der Waals surface area (Å²) >= 11 is 0. The monoisotopic (exact) mass is 252 g/mol. The lowest BCUT2D eigenvalue weighted by molar-refractivity contribution is -0.141. The highest BCUT2D eigenvalue weighted by atomic mass is 16.2. The number of guanidine groups is 1. The molecule has 0 aromatic heterocycles. The number of hydrogen-bond acceptors (Lipinski definition) is 3. The second-order valence-corrected chi connectivity index (χ2v) is 5.45. The summed E-state index contributed by atoms with van der Waals surface area (Å²) in [7, 11) is 0. The van der Waals surface area contributed by atoms with Gasteiger partial charge in [-0.3, -0.25) is 14.9 Å². The quantitative estimate of drug-likeness (QED) is 0.390. The second-order valence-electron chi connectivity index (χ2n) is 5.45. The van der Waals surface area contributed by atoms with E-state index in [-0.39, 0.29) is 24.4 Å². The predicted molar refractivity (Wildman–Crippen MR) is 67.8 cm³/mol. The molecule has 0 atom stereocenters. The van der Waals surface area contributed by atoms with Crippen molar-refractivity contribution in [3.63, 3.8) is 0 Å². The maximum atomic E-state index is 11.8. The summed E-state index contributed by atoms with van der Waals surface area (Å²) in [4.78, 5) is 29.3. The Morgan fingerprint density at radius 2 is 2.00 bits per heavy atom. The Hall–Kier alpha value is -1.59. The van der Waals surface area contributed by atoms with Crippen LogP contribution in [0.15, 0.2) is 4.99 Å². The molecular formula is C12H20N4O2. The van der Waals surface area contributed by atoms with Crippen LogP contribution in [-0.4, -0.2) is 40.8 Å². The van der Waals surface area contributed by atoms with Gasteiger partial charge in [0.2, 0.25) is 5.91 Å². The molecule has 0 radical (unpaired) electrons. The van der Waals surface area contributed by atoms with Gasteiger partial charge in [0, 0.05) is 0 Å². The molecule has 6 nitrogen and oxygen atoms in total. The van der Waals surface area contributed by atoms with Crippen LogP contribution in [0.25, 0.3) is 0 Å². The van der Waals surface area contributed by atoms with E-state index in [1.54, 1.807) is 18.7 Å². The summed E-state index contributed by atoms with van der Waals surface area (Å²) < 4.78 is 0. The Morgan fingerprint density at radius 3 is 2.61 bits per heavy atom. The van der Waals surface area contributed by atoms with Crippen LogP contribution in [-0.2, 0) is 9.59 Å². The van der Waals surface area contributed by atoms with Crippen LogP contribution in [0.3, 0.4) is 0 Å². The number of nitrogens with zero attached hydrogens (tertiary/aromatic N) is 2. The van der Waals surface area contributed by atoms with Gasteiger partial charge >= 0.3 is 0 Å². The van der Waals surface area contributed by atoms with Gasteiger partial charge in [-0.05, 0) is 26.7 Å². The summed E-state index contributed by atoms with van der Waals surface area (Å²) in [6.07, 6.45) is 4.42. The van der Waals surface area contributed by atoms with Gasteiger partial charge in [-0.2, -0.15) is 0 Å². The van der Waals surface area contributed by atoms with E-state index in [9.17, 15) is 9.59 Å². The van der Waals surface area contributed by atoms with Crippen LogP contribution in [0.2, 0.25) is 0 Å². The Bertz CT molecular complexity index is 397. The number of carbonyl (C=O) groups is 2. The number of hydrogen-bond donors (Lipinski definition) is 2. The highest BCUT2D eigenvalue weighted by molar-refractivity contribution is 6.06. The molecule has 100 valence electrons. The molecule has 1 aliphatic heterocycles. The van der Waals surface area contributed by atoms with Gasteiger partial charge in [-0.25, -0.2) is 4.99 Å². The van der Waals surface area contributed by atoms with E-state index < -0.39 is 5.54 Å². The molecule has 3 N–H and O–H groups in total. The van der Waals surface area contributed by atoms with E-state index in [4.69, 9.17) is 5.73 Å². The van der Waals surface area contributed by atoms with Crippen molar-refractivity contribution in [1.29, 1.82) is 0 Å². The lowest BCUT2D eigenvalue weighted by atomic mass is 9.99. The molecule has 0 aromatic rings. The molecule has 1 aliphatic carbocycles. The fourth-order valence-electron chi connectivity index (χ4n) is 2.44. The lowest BCUT2D eigenvalue weighted by Crippen LogP contribution is -2.66. The molecule has 0 aromatic carbocycles. The fourth-order valence-corrected chi connectivity index (χ4v) is 2.44. The number of nitrogens with two attached hydrogens (primary N) is 1. The number of imide groups is 1. The molecule has 6 heteroatoms. The van der Waals surface area contributed by atoms with Gasteiger partial charge in [-0.1, -0.05) is 12.8 Å². The van der Waals surface area contributed by atoms with E-state index in [1.165, 1.54) is 12.8 Å². The lowest BCUT2D eigenvalue weighted by Gasteiger charge is -2.40. The topological polar surface area (TPSA) is 87.8 Å². The summed E-state index contributed by atoms with van der Waals surface area (Å²) in [5, 5.41) is 2.32. The summed E-state index contributed by atoms with van der Waals surface area (Å²) in [6, 6.07) is 0.237. The third-order valence-corrected chi connectivity index (χ3v) is 3.70. The maximum Gasteiger partial charge on any atom is 0.252 e. The van der Waals surface area contributed by atoms with Crippen molar-refractivity contribution >= 4 is 17.8 Å². The zero-order valence-electron chi connectivity index (χ0n) is 10.9. The Labute approximate surface area is 107 Å². The molecule has 0 spiro atoms. The highest BCUT2D eigenvalue weighted by Gasteiger charge is 2.42. The average Bonchev–Trinajstić information content (AvgIpc) is 2.76. The maximum absolute atomic E-state index is 11.8. The van der Waals surface area contributed by atoms with E-state index in [2.05, 4.69) is 10.3 Å². The average molecular weight is 252 g/mol. The van der Waals surface area contributed by atoms with Crippen LogP contribution in [0.1, 0.15) is 39.5 Å². The van der Waals surface area contributed by atoms with E-state index in [0.29, 0.717) is 5.96 Å². The molecule has 2 fully saturated rings. The van der Waals surface area contributed by atoms with Gasteiger partial charge in [0.1, 0.15) is 12.1 Å². The number of rotatable bonds is 1. The Kier molecular flexibility index (Phi) is 3.28. The molecule has 1 saturated heterocycles. The first-order chi connectivity index (χ1) is 8.41. The van der Waals surface area contributed by atoms with Crippen molar-refractivity contribution in [1.82, 2.24) is 10.2 Å². The summed E-state index contributed by atoms with van der Waals surface area (Å²) in [5.74, 6) is -0.359. The third-order valence-electron chi connectivity index (χ3n) is 3.70. The normalized spacial score (nSPS) is 25.4. The minimum Gasteiger partial charge on any atom is -0.370 e. The number of amides is 2. The van der Waals surface area contributed by atoms with Crippen molar-refractivity contribution in [2.45, 2.75) is 51.1 Å². The van der Waals surface area contributed by atoms with Gasteiger partial charge in [0.15, 0.2) is 5.96 Å². The molecule has 2 amide bonds. The first-order valence-corrected chi connectivity index (χ1v) is 6.36. The molecule has 1 saturated carbocycles. The van der Waals surface area contributed by atoms with Gasteiger partial charge in [-0.15, -0.1) is 0 Å². The minimum absolute atomic E-state index is 0.0841. The molecule has 1 heterocycles. The Balaban J connectivity index is 2.18. The van der Waals surface area contributed by atoms with Crippen molar-refractivity contribution in [2.75, 3.05) is 6.54 Å². The Morgan fingerprint density at radius 1 is 1.39 bits per heavy atom. The van der Waals surface area contributed by atoms with Crippen LogP contribution < -0.4 is 11.1 Å². The van der Waals surface area contributed by atoms with Gasteiger partial charge < -0.3 is 10.6 Å². The highest BCUT2D eigenvalue weighted by Crippen LogP contribution is 2.23. The SMILES string of the molecule is CC1(C)C(=O)NC(=O)CN1C(N)=NC1CCCC1. The molecule has 2 aliphatic rings. The van der Waals surface area contributed by atoms with Gasteiger partial charge in [0.25, 0.3) is 5.91 Å². The fraction of sp³-hybridized carbons (Fsp3) is 0.750. The molecular weight excluding hydrogens is 232 g/mol. The van der Waals surface area contributed by atoms with E-state index in [0.717, 1.165) is 12.8 Å². The molecule has 18 heavy (non-hydrogen) atoms. The third kappa shape index (κ3) is 2.32. The largest absolute Gasteiger partial charge is 0.370 e. The van der Waals surface area contributed by atoms with E-state index in [1.807, 2.05) is 0 Å². The molecule has 0 bridgehead atoms. The first-order valence-electron chi connectivity index (χ1n) is 6.36. The van der Waals surface area contributed by atoms with Crippen LogP contribution in [0.5, 0.6) is 0 Å². The predicted octanol–water partition coefficient (Wildman–Crippen LogP) is -0.0193. The number of piperazine rings is 1. The van der Waals surface area contributed by atoms with Crippen molar-refractivity contribution in [3.8, 4) is 0 Å². The minimum atomic E-state index is -0.833. The number of nitrogens with one attached hydrogen (secondary N) is 1. The smallest absolute Gasteiger partial charge is 0.252 e. The van der Waals surface area contributed by atoms with Gasteiger partial charge in [0.05, 0.1) is 6.04 Å². The zero-order valence-corrected chi connectivity index (χ0v) is 10.9. The van der Waals surface area contributed by atoms with Crippen LogP contribution in [0.4, 0.5) is 0 Å². The van der Waals surface area contributed by atoms with Crippen molar-refractivity contribution in [3.05, 3.63) is 0 Å². The van der Waals surface area contributed by atoms with E-state index >= 15 is 0 Å². The van der Waals surface area contributed by atoms with Crippen LogP contribution >= 0.6 is 0 Å². The van der Waals surface area contributed by atoms with Crippen LogP contribution in [0, 0.1) is 0 Å². The molecule has 0 unspecified atom stereocenters. The summed E-state index contributed by atoms with van der Waals surface area (Å²) in [6.45, 7) is 3.57. The summed E-state index contributed by atoms with van der Waals surface area (Å²) in [5.41, 5.74) is 5.14.